The van der Waals surface area contributed by atoms with Crippen LogP contribution < -0.4 is 9.91 Å². The minimum atomic E-state index is -1.97. The van der Waals surface area contributed by atoms with E-state index in [1.807, 2.05) is 63.2 Å². The minimum absolute atomic E-state index is 0.211. The molecule has 4 rings (SSSR count). The molecule has 2 aromatic carbocycles. The average Bonchev–Trinajstić information content (AvgIpc) is 3.22. The van der Waals surface area contributed by atoms with Crippen LogP contribution in [0.4, 0.5) is 4.39 Å². The van der Waals surface area contributed by atoms with Crippen LogP contribution in [0.5, 0.6) is 0 Å². The third-order valence-corrected chi connectivity index (χ3v) is 10.5. The van der Waals surface area contributed by atoms with E-state index >= 15 is 4.39 Å². The van der Waals surface area contributed by atoms with Crippen LogP contribution in [0.3, 0.4) is 0 Å². The number of rotatable bonds is 7. The van der Waals surface area contributed by atoms with E-state index in [9.17, 15) is 4.55 Å². The van der Waals surface area contributed by atoms with Gasteiger partial charge in [-0.2, -0.15) is 0 Å². The molecule has 4 aromatic rings. The van der Waals surface area contributed by atoms with Gasteiger partial charge in [0.2, 0.25) is 0 Å². The molecule has 0 aliphatic carbocycles. The summed E-state index contributed by atoms with van der Waals surface area (Å²) in [5, 5.41) is 5.94. The first-order valence-corrected chi connectivity index (χ1v) is 18.2. The highest BCUT2D eigenvalue weighted by Crippen LogP contribution is 2.36. The zero-order valence-electron chi connectivity index (χ0n) is 21.7. The molecule has 5 nitrogen and oxygen atoms in total. The Balaban J connectivity index is 1.86. The van der Waals surface area contributed by atoms with E-state index in [4.69, 9.17) is 4.52 Å². The Bertz CT molecular complexity index is 1440. The molecular formula is C27H30Br2FN3O2SSi. The highest BCUT2D eigenvalue weighted by atomic mass is 79.9. The Kier molecular flexibility index (Phi) is 8.38. The van der Waals surface area contributed by atoms with Gasteiger partial charge in [-0.3, -0.25) is 0 Å². The molecule has 1 N–H and O–H groups in total. The topological polar surface area (TPSA) is 74.0 Å². The van der Waals surface area contributed by atoms with Gasteiger partial charge >= 0.3 is 0 Å². The number of hydrogen-bond acceptors (Lipinski definition) is 5. The van der Waals surface area contributed by atoms with Crippen molar-refractivity contribution in [3.05, 3.63) is 74.7 Å². The van der Waals surface area contributed by atoms with Gasteiger partial charge in [0, 0.05) is 33.2 Å². The smallest absolute Gasteiger partial charge is 0.168 e. The third kappa shape index (κ3) is 6.37. The first-order valence-electron chi connectivity index (χ1n) is 11.9. The maximum absolute atomic E-state index is 15.8. The Morgan fingerprint density at radius 2 is 1.81 bits per heavy atom. The maximum Gasteiger partial charge on any atom is 0.168 e. The Morgan fingerprint density at radius 3 is 2.49 bits per heavy atom. The summed E-state index contributed by atoms with van der Waals surface area (Å²) in [6.07, 6.45) is 0.211. The summed E-state index contributed by atoms with van der Waals surface area (Å²) in [5.74, 6) is -0.287. The van der Waals surface area contributed by atoms with Crippen molar-refractivity contribution in [2.45, 2.75) is 57.6 Å². The molecule has 0 bridgehead atoms. The molecule has 0 spiro atoms. The van der Waals surface area contributed by atoms with Gasteiger partial charge in [0.15, 0.2) is 5.58 Å². The quantitative estimate of drug-likeness (QED) is 0.126. The summed E-state index contributed by atoms with van der Waals surface area (Å²) in [5.41, 5.74) is 3.33. The molecule has 0 aliphatic heterocycles. The molecule has 0 amide bonds. The van der Waals surface area contributed by atoms with E-state index in [2.05, 4.69) is 66.4 Å². The van der Waals surface area contributed by atoms with E-state index < -0.39 is 30.2 Å². The van der Waals surface area contributed by atoms with E-state index in [1.54, 1.807) is 6.07 Å². The largest absolute Gasteiger partial charge is 0.598 e. The summed E-state index contributed by atoms with van der Waals surface area (Å²) >= 11 is 5.55. The van der Waals surface area contributed by atoms with Crippen molar-refractivity contribution in [1.29, 1.82) is 0 Å². The van der Waals surface area contributed by atoms with E-state index in [0.29, 0.717) is 26.8 Å². The number of pyridine rings is 1. The molecule has 2 atom stereocenters. The zero-order valence-corrected chi connectivity index (χ0v) is 26.6. The summed E-state index contributed by atoms with van der Waals surface area (Å²) in [6, 6.07) is 14.8. The molecule has 0 radical (unpaired) electrons. The first kappa shape index (κ1) is 28.4. The predicted octanol–water partition coefficient (Wildman–Crippen LogP) is 7.43. The molecule has 196 valence electrons. The summed E-state index contributed by atoms with van der Waals surface area (Å²) < 4.78 is 39.0. The number of aromatic nitrogens is 2. The second-order valence-electron chi connectivity index (χ2n) is 11.0. The number of benzene rings is 2. The van der Waals surface area contributed by atoms with Gasteiger partial charge in [0.05, 0.1) is 19.8 Å². The van der Waals surface area contributed by atoms with Crippen LogP contribution in [-0.4, -0.2) is 27.5 Å². The van der Waals surface area contributed by atoms with Crippen LogP contribution in [0.25, 0.3) is 22.2 Å². The van der Waals surface area contributed by atoms with Crippen LogP contribution in [0.2, 0.25) is 19.6 Å². The number of halogens is 3. The average molecular weight is 668 g/mol. The van der Waals surface area contributed by atoms with Crippen LogP contribution in [0.15, 0.2) is 62.1 Å². The highest BCUT2D eigenvalue weighted by Gasteiger charge is 2.33. The van der Waals surface area contributed by atoms with Crippen LogP contribution in [0, 0.1) is 5.82 Å². The van der Waals surface area contributed by atoms with Crippen molar-refractivity contribution < 1.29 is 13.5 Å². The van der Waals surface area contributed by atoms with Gasteiger partial charge in [-0.15, -0.1) is 4.72 Å². The van der Waals surface area contributed by atoms with Crippen LogP contribution in [-0.2, 0) is 17.8 Å². The second kappa shape index (κ2) is 10.9. The van der Waals surface area contributed by atoms with E-state index in [1.165, 1.54) is 0 Å². The van der Waals surface area contributed by atoms with E-state index in [0.717, 1.165) is 21.0 Å². The SMILES string of the molecule is CC(C)(C)[S+]([O-])NC(Cc1nc(Br)cc([Si](C)(C)C)c1F)c1ccccc1-c1noc2cc(Br)ccc12. The van der Waals surface area contributed by atoms with Crippen molar-refractivity contribution >= 4 is 67.5 Å². The van der Waals surface area contributed by atoms with Gasteiger partial charge in [0.1, 0.15) is 20.9 Å². The lowest BCUT2D eigenvalue weighted by molar-refractivity contribution is 0.459. The van der Waals surface area contributed by atoms with Gasteiger partial charge in [-0.25, -0.2) is 9.37 Å². The van der Waals surface area contributed by atoms with E-state index in [-0.39, 0.29) is 12.2 Å². The number of nitrogens with zero attached hydrogens (tertiary/aromatic N) is 2. The Labute approximate surface area is 238 Å². The third-order valence-electron chi connectivity index (χ3n) is 6.03. The molecule has 0 saturated carbocycles. The van der Waals surface area contributed by atoms with Gasteiger partial charge in [-0.05, 0) is 71.7 Å². The second-order valence-corrected chi connectivity index (χ2v) is 19.8. The molecule has 0 aliphatic rings. The van der Waals surface area contributed by atoms with Gasteiger partial charge in [0.25, 0.3) is 0 Å². The molecule has 2 unspecified atom stereocenters. The van der Waals surface area contributed by atoms with Crippen molar-refractivity contribution in [3.63, 3.8) is 0 Å². The van der Waals surface area contributed by atoms with Crippen molar-refractivity contribution in [1.82, 2.24) is 14.9 Å². The molecule has 0 saturated heterocycles. The molecule has 2 aromatic heterocycles. The molecule has 0 fully saturated rings. The van der Waals surface area contributed by atoms with Crippen molar-refractivity contribution in [3.8, 4) is 11.3 Å². The Morgan fingerprint density at radius 1 is 1.11 bits per heavy atom. The lowest BCUT2D eigenvalue weighted by atomic mass is 9.94. The zero-order chi connectivity index (χ0) is 27.1. The standard InChI is InChI=1S/C27H30Br2FN3O2SSi/c1-27(2,3)36(34)33-20(14-21-25(30)23(37(4,5)6)15-24(29)31-21)17-9-7-8-10-18(17)26-19-12-11-16(28)13-22(19)35-32-26/h7-13,15,20,33H,14H2,1-6H3. The van der Waals surface area contributed by atoms with Crippen LogP contribution >= 0.6 is 31.9 Å². The molecule has 10 heteroatoms. The fraction of sp³-hybridized carbons (Fsp3) is 0.333. The summed E-state index contributed by atoms with van der Waals surface area (Å²) in [6.45, 7) is 12.0. The molecule has 2 heterocycles. The van der Waals surface area contributed by atoms with Crippen LogP contribution in [0.1, 0.15) is 38.1 Å². The fourth-order valence-electron chi connectivity index (χ4n) is 4.07. The first-order chi connectivity index (χ1) is 17.3. The number of fused-ring (bicyclic) bond motifs is 1. The minimum Gasteiger partial charge on any atom is -0.598 e. The summed E-state index contributed by atoms with van der Waals surface area (Å²) in [4.78, 5) is 4.52. The normalized spacial score (nSPS) is 14.2. The molecular weight excluding hydrogens is 637 g/mol. The molecule has 37 heavy (non-hydrogen) atoms. The Hall–Kier alpha value is -1.56. The monoisotopic (exact) mass is 665 g/mol. The summed E-state index contributed by atoms with van der Waals surface area (Å²) in [7, 11) is -1.97. The lowest BCUT2D eigenvalue weighted by Gasteiger charge is -2.29. The predicted molar refractivity (Wildman–Crippen MR) is 159 cm³/mol. The van der Waals surface area contributed by atoms with Crippen molar-refractivity contribution in [2.75, 3.05) is 0 Å². The van der Waals surface area contributed by atoms with Gasteiger partial charge in [-0.1, -0.05) is 65.0 Å². The number of nitrogens with one attached hydrogen (secondary N) is 1. The number of hydrogen-bond donors (Lipinski definition) is 1. The van der Waals surface area contributed by atoms with Crippen molar-refractivity contribution in [2.24, 2.45) is 0 Å². The highest BCUT2D eigenvalue weighted by molar-refractivity contribution is 9.10. The maximum atomic E-state index is 15.8. The lowest BCUT2D eigenvalue weighted by Crippen LogP contribution is -2.43. The van der Waals surface area contributed by atoms with Gasteiger partial charge < -0.3 is 9.08 Å². The fourth-order valence-corrected chi connectivity index (χ4v) is 7.25.